The van der Waals surface area contributed by atoms with Crippen LogP contribution in [0.2, 0.25) is 0 Å². The fourth-order valence-corrected chi connectivity index (χ4v) is 1.73. The predicted octanol–water partition coefficient (Wildman–Crippen LogP) is 5.13. The normalized spacial score (nSPS) is 11.1. The van der Waals surface area contributed by atoms with E-state index < -0.39 is 0 Å². The van der Waals surface area contributed by atoms with Crippen molar-refractivity contribution in [1.29, 1.82) is 0 Å². The first-order valence-electron chi connectivity index (χ1n) is 6.18. The molecule has 0 nitrogen and oxygen atoms in total. The minimum absolute atomic E-state index is 1.31. The largest absolute Gasteiger partial charge is 0.0654 e. The van der Waals surface area contributed by atoms with Gasteiger partial charge in [-0.05, 0) is 25.2 Å². The van der Waals surface area contributed by atoms with Gasteiger partial charge in [0.25, 0.3) is 0 Å². The van der Waals surface area contributed by atoms with Gasteiger partial charge in [0.1, 0.15) is 0 Å². The second-order valence-corrected chi connectivity index (χ2v) is 4.02. The second-order valence-electron chi connectivity index (χ2n) is 4.02. The summed E-state index contributed by atoms with van der Waals surface area (Å²) in [7, 11) is 0. The van der Waals surface area contributed by atoms with E-state index in [-0.39, 0.29) is 0 Å². The van der Waals surface area contributed by atoms with Crippen LogP contribution in [0.25, 0.3) is 0 Å². The maximum Gasteiger partial charge on any atom is -0.0244 e. The van der Waals surface area contributed by atoms with Gasteiger partial charge in [0.15, 0.2) is 0 Å². The fourth-order valence-electron chi connectivity index (χ4n) is 1.73. The summed E-state index contributed by atoms with van der Waals surface area (Å²) in [5, 5.41) is 0. The number of unbranched alkanes of at least 4 members (excludes halogenated alkanes) is 4. The van der Waals surface area contributed by atoms with E-state index in [1.165, 1.54) is 57.8 Å². The Morgan fingerprint density at radius 3 is 1.46 bits per heavy atom. The zero-order valence-corrected chi connectivity index (χ0v) is 9.86. The highest BCUT2D eigenvalue weighted by atomic mass is 14.1. The minimum Gasteiger partial charge on any atom is -0.0654 e. The van der Waals surface area contributed by atoms with E-state index in [4.69, 9.17) is 0 Å². The van der Waals surface area contributed by atoms with Crippen LogP contribution in [0.1, 0.15) is 78.6 Å². The Balaban J connectivity index is 3.28. The molecule has 0 bridgehead atoms. The molecular weight excluding hydrogens is 156 g/mol. The Hall–Kier alpha value is 0. The lowest BCUT2D eigenvalue weighted by atomic mass is 9.93. The molecule has 0 aliphatic rings. The zero-order valence-electron chi connectivity index (χ0n) is 9.86. The number of hydrogen-bond donors (Lipinski definition) is 0. The van der Waals surface area contributed by atoms with Crippen LogP contribution in [0, 0.1) is 5.92 Å². The fraction of sp³-hybridized carbons (Fsp3) is 0.923. The molecule has 0 spiro atoms. The van der Waals surface area contributed by atoms with Crippen LogP contribution in [0.5, 0.6) is 0 Å². The Kier molecular flexibility index (Phi) is 10.1. The van der Waals surface area contributed by atoms with Gasteiger partial charge in [0.05, 0.1) is 0 Å². The maximum absolute atomic E-state index is 2.31. The molecule has 0 aliphatic carbocycles. The summed E-state index contributed by atoms with van der Waals surface area (Å²) >= 11 is 0. The molecule has 0 heterocycles. The van der Waals surface area contributed by atoms with Crippen LogP contribution in [0.4, 0.5) is 0 Å². The highest BCUT2D eigenvalue weighted by molar-refractivity contribution is 4.87. The van der Waals surface area contributed by atoms with Crippen LogP contribution in [-0.2, 0) is 0 Å². The number of hydrogen-bond acceptors (Lipinski definition) is 0. The van der Waals surface area contributed by atoms with Crippen molar-refractivity contribution in [2.75, 3.05) is 0 Å². The Morgan fingerprint density at radius 2 is 1.15 bits per heavy atom. The molecule has 0 saturated heterocycles. The maximum atomic E-state index is 2.31. The van der Waals surface area contributed by atoms with Gasteiger partial charge >= 0.3 is 0 Å². The Labute approximate surface area is 85.1 Å². The minimum atomic E-state index is 1.31. The standard InChI is InChI=1S/C13H27/c1-4-7-9-11-13(6-3)12-10-8-5-2/h4-12H2,1-3H3. The topological polar surface area (TPSA) is 0 Å². The summed E-state index contributed by atoms with van der Waals surface area (Å²) in [6.45, 7) is 6.87. The van der Waals surface area contributed by atoms with Crippen molar-refractivity contribution >= 4 is 0 Å². The average Bonchev–Trinajstić information content (AvgIpc) is 2.16. The molecule has 0 aliphatic heterocycles. The lowest BCUT2D eigenvalue weighted by molar-refractivity contribution is 0.577. The van der Waals surface area contributed by atoms with Crippen molar-refractivity contribution in [3.63, 3.8) is 0 Å². The molecule has 1 radical (unpaired) electrons. The molecule has 0 atom stereocenters. The quantitative estimate of drug-likeness (QED) is 0.435. The van der Waals surface area contributed by atoms with Gasteiger partial charge in [-0.1, -0.05) is 59.3 Å². The van der Waals surface area contributed by atoms with Crippen LogP contribution < -0.4 is 0 Å². The molecular formula is C13H27. The third-order valence-corrected chi connectivity index (χ3v) is 2.77. The summed E-state index contributed by atoms with van der Waals surface area (Å²) in [6, 6.07) is 0. The van der Waals surface area contributed by atoms with Gasteiger partial charge in [-0.25, -0.2) is 0 Å². The second kappa shape index (κ2) is 10.1. The average molecular weight is 183 g/mol. The van der Waals surface area contributed by atoms with Crippen molar-refractivity contribution in [3.05, 3.63) is 5.92 Å². The Morgan fingerprint density at radius 1 is 0.692 bits per heavy atom. The summed E-state index contributed by atoms with van der Waals surface area (Å²) in [5.41, 5.74) is 0. The van der Waals surface area contributed by atoms with Crippen molar-refractivity contribution < 1.29 is 0 Å². The first-order chi connectivity index (χ1) is 6.35. The smallest absolute Gasteiger partial charge is 0.0244 e. The number of rotatable bonds is 9. The van der Waals surface area contributed by atoms with Crippen LogP contribution in [0.15, 0.2) is 0 Å². The van der Waals surface area contributed by atoms with Gasteiger partial charge < -0.3 is 0 Å². The predicted molar refractivity (Wildman–Crippen MR) is 61.8 cm³/mol. The summed E-state index contributed by atoms with van der Waals surface area (Å²) in [4.78, 5) is 0. The van der Waals surface area contributed by atoms with Crippen molar-refractivity contribution in [3.8, 4) is 0 Å². The molecule has 0 rings (SSSR count). The van der Waals surface area contributed by atoms with Gasteiger partial charge in [-0.3, -0.25) is 0 Å². The highest BCUT2D eigenvalue weighted by Crippen LogP contribution is 2.22. The molecule has 0 saturated carbocycles. The van der Waals surface area contributed by atoms with Gasteiger partial charge in [0.2, 0.25) is 0 Å². The van der Waals surface area contributed by atoms with E-state index in [1.54, 1.807) is 0 Å². The molecule has 0 aromatic heterocycles. The molecule has 0 N–H and O–H groups in total. The molecule has 0 unspecified atom stereocenters. The Bertz CT molecular complexity index is 76.0. The van der Waals surface area contributed by atoms with Crippen molar-refractivity contribution in [1.82, 2.24) is 0 Å². The highest BCUT2D eigenvalue weighted by Gasteiger charge is 2.05. The van der Waals surface area contributed by atoms with E-state index in [2.05, 4.69) is 20.8 Å². The van der Waals surface area contributed by atoms with Crippen LogP contribution in [-0.4, -0.2) is 0 Å². The summed E-state index contributed by atoms with van der Waals surface area (Å²) in [5.74, 6) is 1.81. The molecule has 0 heteroatoms. The SMILES string of the molecule is CCCCC[C](CC)CCCCC. The third-order valence-electron chi connectivity index (χ3n) is 2.77. The van der Waals surface area contributed by atoms with E-state index in [9.17, 15) is 0 Å². The molecule has 0 fully saturated rings. The van der Waals surface area contributed by atoms with E-state index in [0.29, 0.717) is 0 Å². The third kappa shape index (κ3) is 8.33. The lowest BCUT2D eigenvalue weighted by Crippen LogP contribution is -1.96. The first kappa shape index (κ1) is 13.0. The lowest BCUT2D eigenvalue weighted by Gasteiger charge is -2.13. The van der Waals surface area contributed by atoms with Crippen LogP contribution in [0.3, 0.4) is 0 Å². The van der Waals surface area contributed by atoms with Gasteiger partial charge in [-0.15, -0.1) is 0 Å². The summed E-state index contributed by atoms with van der Waals surface area (Å²) in [6.07, 6.45) is 12.5. The summed E-state index contributed by atoms with van der Waals surface area (Å²) < 4.78 is 0. The van der Waals surface area contributed by atoms with Crippen molar-refractivity contribution in [2.45, 2.75) is 78.6 Å². The molecule has 0 aromatic rings. The van der Waals surface area contributed by atoms with E-state index >= 15 is 0 Å². The van der Waals surface area contributed by atoms with Crippen LogP contribution >= 0.6 is 0 Å². The van der Waals surface area contributed by atoms with Gasteiger partial charge in [-0.2, -0.15) is 0 Å². The first-order valence-corrected chi connectivity index (χ1v) is 6.18. The molecule has 13 heavy (non-hydrogen) atoms. The van der Waals surface area contributed by atoms with Gasteiger partial charge in [0, 0.05) is 0 Å². The zero-order chi connectivity index (χ0) is 9.94. The van der Waals surface area contributed by atoms with Crippen molar-refractivity contribution in [2.24, 2.45) is 0 Å². The molecule has 79 valence electrons. The monoisotopic (exact) mass is 183 g/mol. The van der Waals surface area contributed by atoms with E-state index in [1.807, 2.05) is 5.92 Å². The van der Waals surface area contributed by atoms with E-state index in [0.717, 1.165) is 0 Å². The molecule has 0 aromatic carbocycles. The molecule has 0 amide bonds.